The Balaban J connectivity index is 1.40. The number of aliphatic hydroxyl groups excluding tert-OH is 1. The van der Waals surface area contributed by atoms with Crippen molar-refractivity contribution in [2.45, 2.75) is 50.9 Å². The largest absolute Gasteiger partial charge is 0.393 e. The fourth-order valence-corrected chi connectivity index (χ4v) is 4.59. The highest BCUT2D eigenvalue weighted by Gasteiger charge is 2.48. The zero-order valence-corrected chi connectivity index (χ0v) is 15.2. The summed E-state index contributed by atoms with van der Waals surface area (Å²) < 4.78 is 12.1. The van der Waals surface area contributed by atoms with E-state index >= 15 is 0 Å². The fraction of sp³-hybridized carbons (Fsp3) is 0.700. The number of carbonyl (C=O) groups is 1. The predicted octanol–water partition coefficient (Wildman–Crippen LogP) is 1.77. The summed E-state index contributed by atoms with van der Waals surface area (Å²) in [5.41, 5.74) is 0.999. The third-order valence-corrected chi connectivity index (χ3v) is 6.17. The molecule has 142 valence electrons. The molecule has 2 atom stereocenters. The highest BCUT2D eigenvalue weighted by molar-refractivity contribution is 5.80. The fourth-order valence-electron chi connectivity index (χ4n) is 4.59. The molecule has 0 spiro atoms. The maximum absolute atomic E-state index is 12.8. The van der Waals surface area contributed by atoms with E-state index in [-0.39, 0.29) is 29.4 Å². The van der Waals surface area contributed by atoms with Crippen LogP contribution in [0.15, 0.2) is 24.5 Å². The standard InChI is InChI=1S/C20H28N2O4/c23-17-10-16(11-17)19(24)22-8-4-18-20(13-22,5-1-9-26-18)14-25-12-15-2-6-21-7-3-15/h2-3,6-7,16-18,23H,1,4-5,8-14H2/t16?,17?,18-,20-/m1/s1. The summed E-state index contributed by atoms with van der Waals surface area (Å²) in [5.74, 6) is 0.202. The number of rotatable bonds is 5. The highest BCUT2D eigenvalue weighted by atomic mass is 16.5. The van der Waals surface area contributed by atoms with Crippen molar-refractivity contribution >= 4 is 5.91 Å². The van der Waals surface area contributed by atoms with E-state index in [2.05, 4.69) is 4.98 Å². The second-order valence-corrected chi connectivity index (χ2v) is 8.04. The van der Waals surface area contributed by atoms with Crippen LogP contribution in [0.3, 0.4) is 0 Å². The van der Waals surface area contributed by atoms with Gasteiger partial charge < -0.3 is 19.5 Å². The monoisotopic (exact) mass is 360 g/mol. The first-order valence-corrected chi connectivity index (χ1v) is 9.71. The summed E-state index contributed by atoms with van der Waals surface area (Å²) in [5, 5.41) is 9.51. The molecule has 3 heterocycles. The van der Waals surface area contributed by atoms with Gasteiger partial charge in [-0.25, -0.2) is 0 Å². The lowest BCUT2D eigenvalue weighted by atomic mass is 9.72. The highest BCUT2D eigenvalue weighted by Crippen LogP contribution is 2.42. The summed E-state index contributed by atoms with van der Waals surface area (Å²) in [4.78, 5) is 18.8. The molecule has 1 amide bonds. The Hall–Kier alpha value is -1.50. The zero-order valence-electron chi connectivity index (χ0n) is 15.2. The van der Waals surface area contributed by atoms with Crippen molar-refractivity contribution in [1.82, 2.24) is 9.88 Å². The van der Waals surface area contributed by atoms with Crippen molar-refractivity contribution in [2.75, 3.05) is 26.3 Å². The molecule has 6 heteroatoms. The molecule has 2 saturated heterocycles. The molecule has 4 rings (SSSR count). The molecule has 6 nitrogen and oxygen atoms in total. The molecule has 1 N–H and O–H groups in total. The van der Waals surface area contributed by atoms with Gasteiger partial charge in [0.05, 0.1) is 25.4 Å². The van der Waals surface area contributed by atoms with Crippen molar-refractivity contribution in [1.29, 1.82) is 0 Å². The van der Waals surface area contributed by atoms with Crippen LogP contribution in [0.4, 0.5) is 0 Å². The van der Waals surface area contributed by atoms with Gasteiger partial charge in [0.15, 0.2) is 0 Å². The topological polar surface area (TPSA) is 71.9 Å². The maximum Gasteiger partial charge on any atom is 0.225 e. The van der Waals surface area contributed by atoms with Gasteiger partial charge in [0.1, 0.15) is 0 Å². The number of fused-ring (bicyclic) bond motifs is 1. The molecule has 0 radical (unpaired) electrons. The minimum atomic E-state index is -0.294. The molecule has 1 aromatic rings. The second-order valence-electron chi connectivity index (χ2n) is 8.04. The number of hydrogen-bond donors (Lipinski definition) is 1. The zero-order chi connectivity index (χ0) is 18.0. The van der Waals surface area contributed by atoms with Gasteiger partial charge in [0.25, 0.3) is 0 Å². The average Bonchev–Trinajstić information content (AvgIpc) is 2.65. The van der Waals surface area contributed by atoms with Crippen molar-refractivity contribution in [2.24, 2.45) is 11.3 Å². The van der Waals surface area contributed by atoms with E-state index in [1.54, 1.807) is 12.4 Å². The lowest BCUT2D eigenvalue weighted by molar-refractivity contribution is -0.171. The number of aliphatic hydroxyl groups is 1. The number of nitrogens with zero attached hydrogens (tertiary/aromatic N) is 2. The minimum Gasteiger partial charge on any atom is -0.393 e. The first-order chi connectivity index (χ1) is 12.7. The van der Waals surface area contributed by atoms with Crippen LogP contribution in [0, 0.1) is 11.3 Å². The third-order valence-electron chi connectivity index (χ3n) is 6.17. The first-order valence-electron chi connectivity index (χ1n) is 9.71. The Morgan fingerprint density at radius 2 is 2.19 bits per heavy atom. The lowest BCUT2D eigenvalue weighted by Crippen LogP contribution is -2.59. The second kappa shape index (κ2) is 7.62. The van der Waals surface area contributed by atoms with Crippen LogP contribution in [0.5, 0.6) is 0 Å². The number of amides is 1. The Labute approximate surface area is 154 Å². The smallest absolute Gasteiger partial charge is 0.225 e. The summed E-state index contributed by atoms with van der Waals surface area (Å²) >= 11 is 0. The molecule has 26 heavy (non-hydrogen) atoms. The van der Waals surface area contributed by atoms with Crippen LogP contribution in [-0.4, -0.2) is 59.4 Å². The number of likely N-dealkylation sites (tertiary alicyclic amines) is 1. The number of ether oxygens (including phenoxy) is 2. The lowest BCUT2D eigenvalue weighted by Gasteiger charge is -2.51. The quantitative estimate of drug-likeness (QED) is 0.866. The third kappa shape index (κ3) is 3.63. The van der Waals surface area contributed by atoms with Crippen LogP contribution < -0.4 is 0 Å². The van der Waals surface area contributed by atoms with E-state index in [0.717, 1.165) is 38.0 Å². The van der Waals surface area contributed by atoms with Crippen LogP contribution in [0.1, 0.15) is 37.7 Å². The number of aromatic nitrogens is 1. The summed E-state index contributed by atoms with van der Waals surface area (Å²) in [7, 11) is 0. The van der Waals surface area contributed by atoms with E-state index in [1.165, 1.54) is 0 Å². The van der Waals surface area contributed by atoms with Gasteiger partial charge in [-0.3, -0.25) is 9.78 Å². The SMILES string of the molecule is O=C(C1CC(O)C1)N1CC[C@H]2OCCC[C@]2(COCc2ccncc2)C1. The molecule has 2 aliphatic heterocycles. The Morgan fingerprint density at radius 3 is 2.96 bits per heavy atom. The molecule has 1 aliphatic carbocycles. The van der Waals surface area contributed by atoms with Crippen molar-refractivity contribution < 1.29 is 19.4 Å². The van der Waals surface area contributed by atoms with Crippen molar-refractivity contribution in [3.05, 3.63) is 30.1 Å². The van der Waals surface area contributed by atoms with Gasteiger partial charge >= 0.3 is 0 Å². The van der Waals surface area contributed by atoms with Crippen LogP contribution >= 0.6 is 0 Å². The Kier molecular flexibility index (Phi) is 5.25. The van der Waals surface area contributed by atoms with Gasteiger partial charge in [0, 0.05) is 43.4 Å². The summed E-state index contributed by atoms with van der Waals surface area (Å²) in [6.07, 6.45) is 7.57. The molecule has 1 saturated carbocycles. The number of piperidine rings is 1. The molecule has 0 bridgehead atoms. The summed E-state index contributed by atoms with van der Waals surface area (Å²) in [6, 6.07) is 3.93. The number of carbonyl (C=O) groups excluding carboxylic acids is 1. The molecule has 3 aliphatic rings. The van der Waals surface area contributed by atoms with Gasteiger partial charge in [0.2, 0.25) is 5.91 Å². The van der Waals surface area contributed by atoms with Gasteiger partial charge in [-0.2, -0.15) is 0 Å². The van der Waals surface area contributed by atoms with E-state index < -0.39 is 0 Å². The van der Waals surface area contributed by atoms with E-state index in [0.29, 0.717) is 32.6 Å². The Morgan fingerprint density at radius 1 is 1.38 bits per heavy atom. The molecular weight excluding hydrogens is 332 g/mol. The maximum atomic E-state index is 12.8. The first kappa shape index (κ1) is 17.9. The van der Waals surface area contributed by atoms with Crippen molar-refractivity contribution in [3.8, 4) is 0 Å². The van der Waals surface area contributed by atoms with Crippen molar-refractivity contribution in [3.63, 3.8) is 0 Å². The van der Waals surface area contributed by atoms with Crippen LogP contribution in [-0.2, 0) is 20.9 Å². The average molecular weight is 360 g/mol. The number of pyridine rings is 1. The predicted molar refractivity (Wildman–Crippen MR) is 95.2 cm³/mol. The molecule has 0 aromatic carbocycles. The van der Waals surface area contributed by atoms with E-state index in [1.807, 2.05) is 17.0 Å². The van der Waals surface area contributed by atoms with Gasteiger partial charge in [-0.1, -0.05) is 0 Å². The number of hydrogen-bond acceptors (Lipinski definition) is 5. The molecule has 3 fully saturated rings. The Bertz CT molecular complexity index is 619. The minimum absolute atomic E-state index is 0.000783. The van der Waals surface area contributed by atoms with E-state index in [4.69, 9.17) is 9.47 Å². The van der Waals surface area contributed by atoms with Gasteiger partial charge in [-0.15, -0.1) is 0 Å². The molecule has 1 aromatic heterocycles. The normalized spacial score (nSPS) is 34.0. The van der Waals surface area contributed by atoms with E-state index in [9.17, 15) is 9.90 Å². The van der Waals surface area contributed by atoms with Crippen LogP contribution in [0.25, 0.3) is 0 Å². The van der Waals surface area contributed by atoms with Gasteiger partial charge in [-0.05, 0) is 49.8 Å². The van der Waals surface area contributed by atoms with Crippen LogP contribution in [0.2, 0.25) is 0 Å². The summed E-state index contributed by atoms with van der Waals surface area (Å²) in [6.45, 7) is 3.43. The molecule has 0 unspecified atom stereocenters. The molecular formula is C20H28N2O4.